The lowest BCUT2D eigenvalue weighted by molar-refractivity contribution is 0.0953. The van der Waals surface area contributed by atoms with Crippen molar-refractivity contribution in [1.29, 1.82) is 0 Å². The minimum absolute atomic E-state index is 0.158. The molecule has 2 N–H and O–H groups in total. The maximum atomic E-state index is 12.6. The van der Waals surface area contributed by atoms with Gasteiger partial charge in [0.2, 0.25) is 0 Å². The van der Waals surface area contributed by atoms with Crippen molar-refractivity contribution in [2.24, 2.45) is 0 Å². The number of ether oxygens (including phenoxy) is 1. The molecular formula is C24H19N5O3S. The molecular weight excluding hydrogens is 438 g/mol. The smallest absolute Gasteiger partial charge is 0.293 e. The van der Waals surface area contributed by atoms with Gasteiger partial charge in [-0.05, 0) is 73.2 Å². The van der Waals surface area contributed by atoms with Crippen LogP contribution in [0.4, 0.5) is 5.69 Å². The summed E-state index contributed by atoms with van der Waals surface area (Å²) in [5.41, 5.74) is 4.51. The van der Waals surface area contributed by atoms with E-state index in [9.17, 15) is 4.79 Å². The second-order valence-corrected chi connectivity index (χ2v) is 7.81. The molecule has 0 fully saturated rings. The lowest BCUT2D eigenvalue weighted by Gasteiger charge is -2.10. The van der Waals surface area contributed by atoms with Gasteiger partial charge in [-0.3, -0.25) is 10.1 Å². The molecule has 0 saturated heterocycles. The first-order chi connectivity index (χ1) is 16.0. The van der Waals surface area contributed by atoms with Crippen LogP contribution in [-0.2, 0) is 0 Å². The number of carbonyl (C=O) groups excluding carboxylic acids is 1. The zero-order valence-electron chi connectivity index (χ0n) is 17.8. The molecule has 164 valence electrons. The van der Waals surface area contributed by atoms with Gasteiger partial charge in [-0.15, -0.1) is 10.2 Å². The highest BCUT2D eigenvalue weighted by Crippen LogP contribution is 2.23. The van der Waals surface area contributed by atoms with Gasteiger partial charge in [0, 0.05) is 11.1 Å². The molecule has 0 aliphatic carbocycles. The molecule has 5 rings (SSSR count). The molecule has 1 amide bonds. The van der Waals surface area contributed by atoms with Crippen LogP contribution in [0.1, 0.15) is 16.1 Å². The molecule has 0 aliphatic heterocycles. The molecule has 0 bridgehead atoms. The Hall–Kier alpha value is -4.24. The van der Waals surface area contributed by atoms with E-state index in [-0.39, 0.29) is 10.9 Å². The molecule has 0 atom stereocenters. The van der Waals surface area contributed by atoms with Crippen molar-refractivity contribution in [2.45, 2.75) is 6.92 Å². The number of rotatable bonds is 4. The topological polar surface area (TPSA) is 94.2 Å². The highest BCUT2D eigenvalue weighted by molar-refractivity contribution is 7.80. The molecule has 2 heterocycles. The van der Waals surface area contributed by atoms with Gasteiger partial charge in [-0.2, -0.15) is 4.80 Å². The summed E-state index contributed by atoms with van der Waals surface area (Å²) >= 11 is 5.34. The van der Waals surface area contributed by atoms with Crippen LogP contribution in [-0.4, -0.2) is 33.1 Å². The molecule has 3 aromatic carbocycles. The van der Waals surface area contributed by atoms with Crippen LogP contribution in [0.25, 0.3) is 27.7 Å². The number of hydrogen-bond acceptors (Lipinski definition) is 6. The Bertz CT molecular complexity index is 1470. The van der Waals surface area contributed by atoms with Gasteiger partial charge in [-0.25, -0.2) is 0 Å². The number of nitrogens with one attached hydrogen (secondary N) is 2. The lowest BCUT2D eigenvalue weighted by atomic mass is 10.2. The summed E-state index contributed by atoms with van der Waals surface area (Å²) in [6.45, 7) is 1.93. The Morgan fingerprint density at radius 1 is 1.03 bits per heavy atom. The first kappa shape index (κ1) is 20.7. The van der Waals surface area contributed by atoms with E-state index in [1.54, 1.807) is 24.0 Å². The summed E-state index contributed by atoms with van der Waals surface area (Å²) in [6, 6.07) is 20.3. The van der Waals surface area contributed by atoms with Crippen LogP contribution in [0.2, 0.25) is 0 Å². The standard InChI is InChI=1S/C24H19N5O3S/c1-14-11-19-20(28-29(27-19)16-7-9-17(31-2)10-8-16)13-18(14)25-24(33)26-23(30)22-12-15-5-3-4-6-21(15)32-22/h3-13H,1-2H3,(H2,25,26,30,33). The van der Waals surface area contributed by atoms with Crippen molar-refractivity contribution in [2.75, 3.05) is 12.4 Å². The van der Waals surface area contributed by atoms with Gasteiger partial charge in [0.25, 0.3) is 5.91 Å². The predicted octanol–water partition coefficient (Wildman–Crippen LogP) is 4.61. The summed E-state index contributed by atoms with van der Waals surface area (Å²) < 4.78 is 10.8. The van der Waals surface area contributed by atoms with Crippen LogP contribution in [0.3, 0.4) is 0 Å². The Balaban J connectivity index is 1.33. The van der Waals surface area contributed by atoms with Crippen molar-refractivity contribution in [1.82, 2.24) is 20.3 Å². The number of furan rings is 1. The third-order valence-electron chi connectivity index (χ3n) is 5.15. The third-order valence-corrected chi connectivity index (χ3v) is 5.36. The van der Waals surface area contributed by atoms with Gasteiger partial charge in [-0.1, -0.05) is 18.2 Å². The van der Waals surface area contributed by atoms with E-state index < -0.39 is 5.91 Å². The minimum Gasteiger partial charge on any atom is -0.497 e. The number of aromatic nitrogens is 3. The van der Waals surface area contributed by atoms with E-state index >= 15 is 0 Å². The zero-order chi connectivity index (χ0) is 22.9. The van der Waals surface area contributed by atoms with Crippen molar-refractivity contribution in [3.05, 3.63) is 78.1 Å². The van der Waals surface area contributed by atoms with E-state index in [2.05, 4.69) is 20.8 Å². The van der Waals surface area contributed by atoms with E-state index in [1.807, 2.05) is 61.5 Å². The Morgan fingerprint density at radius 2 is 1.76 bits per heavy atom. The number of benzene rings is 3. The van der Waals surface area contributed by atoms with Crippen molar-refractivity contribution in [3.8, 4) is 11.4 Å². The van der Waals surface area contributed by atoms with Gasteiger partial charge in [0.1, 0.15) is 22.4 Å². The Kier molecular flexibility index (Phi) is 5.23. The SMILES string of the molecule is COc1ccc(-n2nc3cc(C)c(NC(=S)NC(=O)c4cc5ccccc5o4)cc3n2)cc1. The number of nitrogens with zero attached hydrogens (tertiary/aromatic N) is 3. The number of amides is 1. The Morgan fingerprint density at radius 3 is 2.48 bits per heavy atom. The number of fused-ring (bicyclic) bond motifs is 2. The van der Waals surface area contributed by atoms with Gasteiger partial charge < -0.3 is 14.5 Å². The average molecular weight is 458 g/mol. The van der Waals surface area contributed by atoms with E-state index in [0.717, 1.165) is 33.6 Å². The molecule has 0 radical (unpaired) electrons. The molecule has 0 aliphatic rings. The first-order valence-corrected chi connectivity index (χ1v) is 10.5. The molecule has 9 heteroatoms. The van der Waals surface area contributed by atoms with Gasteiger partial charge in [0.05, 0.1) is 12.8 Å². The van der Waals surface area contributed by atoms with E-state index in [4.69, 9.17) is 21.4 Å². The quantitative estimate of drug-likeness (QED) is 0.381. The van der Waals surface area contributed by atoms with Crippen molar-refractivity contribution in [3.63, 3.8) is 0 Å². The number of aryl methyl sites for hydroxylation is 1. The normalized spacial score (nSPS) is 11.0. The van der Waals surface area contributed by atoms with Gasteiger partial charge in [0.15, 0.2) is 10.9 Å². The van der Waals surface area contributed by atoms with Crippen LogP contribution >= 0.6 is 12.2 Å². The van der Waals surface area contributed by atoms with Crippen LogP contribution in [0.15, 0.2) is 71.1 Å². The maximum Gasteiger partial charge on any atom is 0.293 e. The van der Waals surface area contributed by atoms with E-state index in [0.29, 0.717) is 11.1 Å². The maximum absolute atomic E-state index is 12.6. The summed E-state index contributed by atoms with van der Waals surface area (Å²) in [5.74, 6) is 0.527. The van der Waals surface area contributed by atoms with Crippen molar-refractivity contribution < 1.29 is 13.9 Å². The molecule has 5 aromatic rings. The molecule has 33 heavy (non-hydrogen) atoms. The second-order valence-electron chi connectivity index (χ2n) is 7.40. The highest BCUT2D eigenvalue weighted by atomic mass is 32.1. The van der Waals surface area contributed by atoms with Gasteiger partial charge >= 0.3 is 0 Å². The summed E-state index contributed by atoms with van der Waals surface area (Å²) in [4.78, 5) is 14.1. The molecule has 0 spiro atoms. The number of carbonyl (C=O) groups is 1. The first-order valence-electron chi connectivity index (χ1n) is 10.1. The summed E-state index contributed by atoms with van der Waals surface area (Å²) in [5, 5.41) is 15.8. The fraction of sp³-hybridized carbons (Fsp3) is 0.0833. The molecule has 2 aromatic heterocycles. The highest BCUT2D eigenvalue weighted by Gasteiger charge is 2.15. The van der Waals surface area contributed by atoms with E-state index in [1.165, 1.54) is 0 Å². The van der Waals surface area contributed by atoms with Crippen molar-refractivity contribution >= 4 is 50.9 Å². The monoisotopic (exact) mass is 457 g/mol. The van der Waals surface area contributed by atoms with Crippen LogP contribution in [0, 0.1) is 6.92 Å². The molecule has 0 unspecified atom stereocenters. The molecule has 8 nitrogen and oxygen atoms in total. The molecule has 0 saturated carbocycles. The lowest BCUT2D eigenvalue weighted by Crippen LogP contribution is -2.34. The number of hydrogen-bond donors (Lipinski definition) is 2. The third kappa shape index (κ3) is 4.13. The Labute approximate surface area is 194 Å². The van der Waals surface area contributed by atoms with Crippen LogP contribution in [0.5, 0.6) is 5.75 Å². The summed E-state index contributed by atoms with van der Waals surface area (Å²) in [7, 11) is 1.62. The predicted molar refractivity (Wildman–Crippen MR) is 130 cm³/mol. The minimum atomic E-state index is -0.423. The number of para-hydroxylation sites is 1. The number of anilines is 1. The van der Waals surface area contributed by atoms with Crippen LogP contribution < -0.4 is 15.4 Å². The number of thiocarbonyl (C=S) groups is 1. The summed E-state index contributed by atoms with van der Waals surface area (Å²) in [6.07, 6.45) is 0. The average Bonchev–Trinajstić information content (AvgIpc) is 3.43. The number of methoxy groups -OCH3 is 1. The fourth-order valence-corrected chi connectivity index (χ4v) is 3.65. The second kappa shape index (κ2) is 8.36. The fourth-order valence-electron chi connectivity index (χ4n) is 3.45. The largest absolute Gasteiger partial charge is 0.497 e. The zero-order valence-corrected chi connectivity index (χ0v) is 18.6.